The summed E-state index contributed by atoms with van der Waals surface area (Å²) in [6.45, 7) is 0. The molecule has 4 aromatic rings. The van der Waals surface area contributed by atoms with Gasteiger partial charge in [0.05, 0.1) is 21.3 Å². The summed E-state index contributed by atoms with van der Waals surface area (Å²) in [5.74, 6) is -1.10. The number of nitrogens with zero attached hydrogens (tertiary/aromatic N) is 2. The fourth-order valence-electron chi connectivity index (χ4n) is 2.93. The number of aromatic carboxylic acids is 1. The number of benzene rings is 2. The molecule has 2 heterocycles. The third-order valence-electron chi connectivity index (χ3n) is 4.32. The minimum absolute atomic E-state index is 0.0572. The van der Waals surface area contributed by atoms with Crippen LogP contribution < -0.4 is 0 Å². The number of aromatic nitrogens is 2. The van der Waals surface area contributed by atoms with Crippen LogP contribution in [0.25, 0.3) is 26.7 Å². The predicted octanol–water partition coefficient (Wildman–Crippen LogP) is 5.36. The smallest absolute Gasteiger partial charge is 0.356 e. The zero-order chi connectivity index (χ0) is 20.5. The molecule has 29 heavy (non-hydrogen) atoms. The third-order valence-corrected chi connectivity index (χ3v) is 6.71. The molecule has 2 aromatic carbocycles. The van der Waals surface area contributed by atoms with Gasteiger partial charge in [0.15, 0.2) is 10.6 Å². The Balaban J connectivity index is 1.81. The lowest BCUT2D eigenvalue weighted by molar-refractivity contribution is 0.0690. The molecule has 0 saturated carbocycles. The molecule has 0 saturated heterocycles. The van der Waals surface area contributed by atoms with Crippen molar-refractivity contribution in [3.63, 3.8) is 0 Å². The van der Waals surface area contributed by atoms with Gasteiger partial charge in [0, 0.05) is 17.0 Å². The van der Waals surface area contributed by atoms with Crippen molar-refractivity contribution in [3.05, 3.63) is 77.4 Å². The number of carboxylic acid groups (broad SMARTS) is 1. The van der Waals surface area contributed by atoms with E-state index in [1.807, 2.05) is 42.5 Å². The van der Waals surface area contributed by atoms with E-state index < -0.39 is 17.1 Å². The second-order valence-corrected chi connectivity index (χ2v) is 9.10. The maximum absolute atomic E-state index is 11.8. The normalized spacial score (nSPS) is 12.1. The number of rotatable bonds is 5. The minimum Gasteiger partial charge on any atom is -0.612 e. The highest BCUT2D eigenvalue weighted by molar-refractivity contribution is 7.90. The Morgan fingerprint density at radius 1 is 1.10 bits per heavy atom. The summed E-state index contributed by atoms with van der Waals surface area (Å²) < 4.78 is 13.3. The molecule has 1 atom stereocenters. The third kappa shape index (κ3) is 3.95. The summed E-state index contributed by atoms with van der Waals surface area (Å²) in [7, 11) is 0. The van der Waals surface area contributed by atoms with Gasteiger partial charge in [-0.1, -0.05) is 35.9 Å². The van der Waals surface area contributed by atoms with Crippen LogP contribution in [0.3, 0.4) is 0 Å². The van der Waals surface area contributed by atoms with Crippen LogP contribution in [-0.2, 0) is 11.2 Å². The second-order valence-electron chi connectivity index (χ2n) is 6.23. The summed E-state index contributed by atoms with van der Waals surface area (Å²) in [4.78, 5) is 14.1. The standard InChI is InChI=1S/C21H15ClN2O3S2/c1-29(27)14-6-4-5-13(11-14)19-9-10-20(28-19)18-12-16(21(25)26)23-24(18)17-8-3-2-7-15(17)22/h2-12H,1H3,(H,25,26). The first-order valence-corrected chi connectivity index (χ1v) is 11.3. The lowest BCUT2D eigenvalue weighted by Crippen LogP contribution is -2.02. The number of hydrogen-bond acceptors (Lipinski definition) is 4. The zero-order valence-corrected chi connectivity index (χ0v) is 17.6. The van der Waals surface area contributed by atoms with Gasteiger partial charge in [-0.25, -0.2) is 9.48 Å². The maximum atomic E-state index is 11.8. The van der Waals surface area contributed by atoms with Crippen LogP contribution in [-0.4, -0.2) is 31.7 Å². The molecule has 146 valence electrons. The van der Waals surface area contributed by atoms with E-state index in [1.165, 1.54) is 11.3 Å². The first-order valence-electron chi connectivity index (χ1n) is 8.56. The van der Waals surface area contributed by atoms with Crippen LogP contribution in [0.5, 0.6) is 0 Å². The molecular formula is C21H15ClN2O3S2. The molecule has 0 aliphatic carbocycles. The quantitative estimate of drug-likeness (QED) is 0.422. The highest BCUT2D eigenvalue weighted by atomic mass is 35.5. The molecule has 0 aliphatic rings. The van der Waals surface area contributed by atoms with Crippen LogP contribution in [0.1, 0.15) is 10.5 Å². The molecule has 8 heteroatoms. The minimum atomic E-state index is -1.10. The summed E-state index contributed by atoms with van der Waals surface area (Å²) in [5, 5.41) is 14.1. The van der Waals surface area contributed by atoms with Crippen LogP contribution >= 0.6 is 22.9 Å². The Kier molecular flexibility index (Phi) is 5.47. The van der Waals surface area contributed by atoms with Gasteiger partial charge in [0.1, 0.15) is 6.26 Å². The average molecular weight is 443 g/mol. The Labute approximate surface area is 179 Å². The summed E-state index contributed by atoms with van der Waals surface area (Å²) in [6, 6.07) is 20.1. The van der Waals surface area contributed by atoms with Crippen molar-refractivity contribution in [1.29, 1.82) is 0 Å². The Morgan fingerprint density at radius 2 is 1.86 bits per heavy atom. The number of hydrogen-bond donors (Lipinski definition) is 1. The predicted molar refractivity (Wildman–Crippen MR) is 117 cm³/mol. The molecule has 2 aromatic heterocycles. The van der Waals surface area contributed by atoms with E-state index in [4.69, 9.17) is 11.6 Å². The highest BCUT2D eigenvalue weighted by Gasteiger charge is 2.19. The van der Waals surface area contributed by atoms with E-state index in [9.17, 15) is 14.5 Å². The molecule has 4 rings (SSSR count). The first kappa shape index (κ1) is 19.7. The Morgan fingerprint density at radius 3 is 2.59 bits per heavy atom. The maximum Gasteiger partial charge on any atom is 0.356 e. The largest absolute Gasteiger partial charge is 0.612 e. The van der Waals surface area contributed by atoms with Crippen molar-refractivity contribution in [3.8, 4) is 26.7 Å². The van der Waals surface area contributed by atoms with Crippen molar-refractivity contribution in [2.45, 2.75) is 4.90 Å². The first-order chi connectivity index (χ1) is 13.9. The van der Waals surface area contributed by atoms with Crippen molar-refractivity contribution in [2.24, 2.45) is 0 Å². The van der Waals surface area contributed by atoms with Crippen LogP contribution in [0, 0.1) is 0 Å². The number of halogens is 1. The molecule has 0 amide bonds. The molecule has 5 nitrogen and oxygen atoms in total. The topological polar surface area (TPSA) is 78.2 Å². The molecule has 0 spiro atoms. The lowest BCUT2D eigenvalue weighted by Gasteiger charge is -2.08. The summed E-state index contributed by atoms with van der Waals surface area (Å²) in [5.41, 5.74) is 2.14. The molecule has 0 radical (unpaired) electrons. The van der Waals surface area contributed by atoms with Crippen LogP contribution in [0.4, 0.5) is 0 Å². The molecule has 1 N–H and O–H groups in total. The molecule has 0 fully saturated rings. The van der Waals surface area contributed by atoms with Crippen LogP contribution in [0.2, 0.25) is 5.02 Å². The fraction of sp³-hybridized carbons (Fsp3) is 0.0476. The van der Waals surface area contributed by atoms with E-state index in [2.05, 4.69) is 5.10 Å². The number of para-hydroxylation sites is 1. The van der Waals surface area contributed by atoms with E-state index in [0.717, 1.165) is 20.2 Å². The number of carbonyl (C=O) groups is 1. The van der Waals surface area contributed by atoms with E-state index in [-0.39, 0.29) is 5.69 Å². The van der Waals surface area contributed by atoms with Gasteiger partial charge in [-0.3, -0.25) is 0 Å². The number of carboxylic acids is 1. The van der Waals surface area contributed by atoms with E-state index >= 15 is 0 Å². The molecule has 0 bridgehead atoms. The highest BCUT2D eigenvalue weighted by Crippen LogP contribution is 2.37. The Bertz CT molecular complexity index is 1200. The van der Waals surface area contributed by atoms with Gasteiger partial charge in [-0.05, 0) is 47.1 Å². The monoisotopic (exact) mass is 442 g/mol. The van der Waals surface area contributed by atoms with Gasteiger partial charge >= 0.3 is 5.97 Å². The van der Waals surface area contributed by atoms with E-state index in [0.29, 0.717) is 16.4 Å². The summed E-state index contributed by atoms with van der Waals surface area (Å²) >= 11 is 6.76. The number of thiophene rings is 1. The molecular weight excluding hydrogens is 428 g/mol. The average Bonchev–Trinajstić information content (AvgIpc) is 3.36. The molecule has 0 aliphatic heterocycles. The SMILES string of the molecule is C[S+]([O-])c1cccc(-c2ccc(-c3cc(C(=O)O)nn3-c3ccccc3Cl)s2)c1. The van der Waals surface area contributed by atoms with Crippen molar-refractivity contribution in [1.82, 2.24) is 9.78 Å². The van der Waals surface area contributed by atoms with E-state index in [1.54, 1.807) is 35.2 Å². The van der Waals surface area contributed by atoms with Gasteiger partial charge in [-0.2, -0.15) is 5.10 Å². The van der Waals surface area contributed by atoms with Gasteiger partial charge in [0.25, 0.3) is 0 Å². The Hall–Kier alpha value is -2.58. The lowest BCUT2D eigenvalue weighted by atomic mass is 10.2. The zero-order valence-electron chi connectivity index (χ0n) is 15.2. The van der Waals surface area contributed by atoms with Crippen molar-refractivity contribution >= 4 is 40.1 Å². The van der Waals surface area contributed by atoms with Gasteiger partial charge in [0.2, 0.25) is 0 Å². The molecule has 1 unspecified atom stereocenters. The van der Waals surface area contributed by atoms with Gasteiger partial charge < -0.3 is 9.66 Å². The fourth-order valence-corrected chi connectivity index (χ4v) is 4.71. The van der Waals surface area contributed by atoms with Crippen molar-refractivity contribution in [2.75, 3.05) is 6.26 Å². The van der Waals surface area contributed by atoms with Crippen molar-refractivity contribution < 1.29 is 14.5 Å². The van der Waals surface area contributed by atoms with Gasteiger partial charge in [-0.15, -0.1) is 11.3 Å². The second kappa shape index (κ2) is 8.04. The summed E-state index contributed by atoms with van der Waals surface area (Å²) in [6.07, 6.45) is 1.65. The van der Waals surface area contributed by atoms with Crippen LogP contribution in [0.15, 0.2) is 71.6 Å².